The predicted molar refractivity (Wildman–Crippen MR) is 49.1 cm³/mol. The fourth-order valence-electron chi connectivity index (χ4n) is 1.16. The van der Waals surface area contributed by atoms with Gasteiger partial charge in [0.15, 0.2) is 0 Å². The summed E-state index contributed by atoms with van der Waals surface area (Å²) in [6, 6.07) is 3.76. The zero-order chi connectivity index (χ0) is 11.4. The minimum Gasteiger partial charge on any atom is -0.508 e. The Morgan fingerprint density at radius 1 is 1.53 bits per heavy atom. The van der Waals surface area contributed by atoms with Gasteiger partial charge < -0.3 is 9.84 Å². The van der Waals surface area contributed by atoms with Crippen LogP contribution in [0.1, 0.15) is 12.5 Å². The van der Waals surface area contributed by atoms with Gasteiger partial charge >= 0.3 is 6.61 Å². The molecule has 15 heavy (non-hydrogen) atoms. The molecule has 3 nitrogen and oxygen atoms in total. The van der Waals surface area contributed by atoms with Crippen molar-refractivity contribution in [3.05, 3.63) is 23.8 Å². The monoisotopic (exact) mass is 216 g/mol. The van der Waals surface area contributed by atoms with Crippen LogP contribution in [0.2, 0.25) is 0 Å². The normalized spacial score (nSPS) is 10.4. The quantitative estimate of drug-likeness (QED) is 0.838. The van der Waals surface area contributed by atoms with E-state index in [9.17, 15) is 13.6 Å². The maximum atomic E-state index is 12.0. The number of hydrogen-bond donors (Lipinski definition) is 1. The molecule has 0 amide bonds. The van der Waals surface area contributed by atoms with Crippen LogP contribution in [-0.2, 0) is 11.2 Å². The van der Waals surface area contributed by atoms with Crippen LogP contribution in [-0.4, -0.2) is 17.5 Å². The zero-order valence-electron chi connectivity index (χ0n) is 8.04. The number of halogens is 2. The molecule has 0 heterocycles. The number of benzene rings is 1. The van der Waals surface area contributed by atoms with E-state index in [2.05, 4.69) is 4.74 Å². The van der Waals surface area contributed by atoms with E-state index in [4.69, 9.17) is 5.11 Å². The second kappa shape index (κ2) is 4.72. The van der Waals surface area contributed by atoms with E-state index in [1.807, 2.05) is 0 Å². The van der Waals surface area contributed by atoms with Crippen LogP contribution in [0.15, 0.2) is 18.2 Å². The molecular weight excluding hydrogens is 206 g/mol. The molecule has 0 aliphatic carbocycles. The van der Waals surface area contributed by atoms with Crippen LogP contribution in [0, 0.1) is 0 Å². The van der Waals surface area contributed by atoms with Crippen molar-refractivity contribution in [2.24, 2.45) is 0 Å². The number of aromatic hydroxyl groups is 1. The molecular formula is C10H10F2O3. The Bertz CT molecular complexity index is 364. The second-order valence-electron chi connectivity index (χ2n) is 3.05. The first kappa shape index (κ1) is 11.4. The van der Waals surface area contributed by atoms with Gasteiger partial charge in [0.25, 0.3) is 0 Å². The number of carbonyl (C=O) groups is 1. The van der Waals surface area contributed by atoms with Crippen molar-refractivity contribution >= 4 is 5.78 Å². The fraction of sp³-hybridized carbons (Fsp3) is 0.300. The number of alkyl halides is 2. The van der Waals surface area contributed by atoms with E-state index in [1.165, 1.54) is 19.1 Å². The van der Waals surface area contributed by atoms with Gasteiger partial charge in [0.05, 0.1) is 0 Å². The van der Waals surface area contributed by atoms with Gasteiger partial charge in [0, 0.05) is 18.1 Å². The van der Waals surface area contributed by atoms with Gasteiger partial charge in [0.2, 0.25) is 0 Å². The average Bonchev–Trinajstić information content (AvgIpc) is 2.08. The Morgan fingerprint density at radius 2 is 2.20 bits per heavy atom. The van der Waals surface area contributed by atoms with Crippen molar-refractivity contribution in [1.29, 1.82) is 0 Å². The lowest BCUT2D eigenvalue weighted by molar-refractivity contribution is -0.116. The van der Waals surface area contributed by atoms with Gasteiger partial charge in [-0.15, -0.1) is 0 Å². The molecule has 0 saturated carbocycles. The Balaban J connectivity index is 2.97. The fourth-order valence-corrected chi connectivity index (χ4v) is 1.16. The smallest absolute Gasteiger partial charge is 0.387 e. The maximum Gasteiger partial charge on any atom is 0.387 e. The lowest BCUT2D eigenvalue weighted by Crippen LogP contribution is -2.06. The Hall–Kier alpha value is -1.65. The molecule has 0 unspecified atom stereocenters. The molecule has 0 radical (unpaired) electrons. The first-order valence-corrected chi connectivity index (χ1v) is 4.25. The summed E-state index contributed by atoms with van der Waals surface area (Å²) in [4.78, 5) is 10.8. The number of phenolic OH excluding ortho intramolecular Hbond substituents is 1. The molecule has 1 rings (SSSR count). The van der Waals surface area contributed by atoms with Crippen LogP contribution < -0.4 is 4.74 Å². The molecule has 1 aromatic carbocycles. The molecule has 0 spiro atoms. The lowest BCUT2D eigenvalue weighted by Gasteiger charge is -2.09. The van der Waals surface area contributed by atoms with Crippen LogP contribution in [0.5, 0.6) is 11.5 Å². The van der Waals surface area contributed by atoms with Crippen molar-refractivity contribution in [3.63, 3.8) is 0 Å². The summed E-state index contributed by atoms with van der Waals surface area (Å²) in [5.74, 6) is -0.516. The topological polar surface area (TPSA) is 46.5 Å². The number of rotatable bonds is 4. The predicted octanol–water partition coefficient (Wildman–Crippen LogP) is 2.13. The van der Waals surface area contributed by atoms with E-state index < -0.39 is 6.61 Å². The third-order valence-electron chi connectivity index (χ3n) is 1.71. The molecule has 0 aliphatic heterocycles. The van der Waals surface area contributed by atoms with E-state index in [1.54, 1.807) is 0 Å². The van der Waals surface area contributed by atoms with Gasteiger partial charge in [-0.2, -0.15) is 8.78 Å². The molecule has 82 valence electrons. The first-order chi connectivity index (χ1) is 6.99. The van der Waals surface area contributed by atoms with Crippen LogP contribution in [0.25, 0.3) is 0 Å². The molecule has 0 bridgehead atoms. The summed E-state index contributed by atoms with van der Waals surface area (Å²) >= 11 is 0. The highest BCUT2D eigenvalue weighted by Crippen LogP contribution is 2.26. The number of ketones is 1. The highest BCUT2D eigenvalue weighted by Gasteiger charge is 2.11. The molecule has 5 heteroatoms. The maximum absolute atomic E-state index is 12.0. The molecule has 1 aromatic rings. The van der Waals surface area contributed by atoms with Gasteiger partial charge in [-0.1, -0.05) is 6.07 Å². The highest BCUT2D eigenvalue weighted by molar-refractivity contribution is 5.79. The van der Waals surface area contributed by atoms with E-state index >= 15 is 0 Å². The largest absolute Gasteiger partial charge is 0.508 e. The molecule has 0 fully saturated rings. The Labute approximate surface area is 85.3 Å². The van der Waals surface area contributed by atoms with Gasteiger partial charge in [0.1, 0.15) is 17.3 Å². The summed E-state index contributed by atoms with van der Waals surface area (Å²) in [5, 5.41) is 9.07. The molecule has 0 atom stereocenters. The average molecular weight is 216 g/mol. The standard InChI is InChI=1S/C10H10F2O3/c1-6(13)4-7-2-3-8(14)5-9(7)15-10(11)12/h2-3,5,10,14H,4H2,1H3. The van der Waals surface area contributed by atoms with Crippen LogP contribution in [0.3, 0.4) is 0 Å². The van der Waals surface area contributed by atoms with E-state index in [0.29, 0.717) is 5.56 Å². The highest BCUT2D eigenvalue weighted by atomic mass is 19.3. The minimum atomic E-state index is -2.97. The number of Topliss-reactive ketones (excluding diaryl/α,β-unsaturated/α-hetero) is 1. The molecule has 0 aromatic heterocycles. The van der Waals surface area contributed by atoms with Crippen LogP contribution in [0.4, 0.5) is 8.78 Å². The number of hydrogen-bond acceptors (Lipinski definition) is 3. The molecule has 0 aliphatic rings. The van der Waals surface area contributed by atoms with Crippen LogP contribution >= 0.6 is 0 Å². The number of ether oxygens (including phenoxy) is 1. The van der Waals surface area contributed by atoms with E-state index in [-0.39, 0.29) is 23.7 Å². The summed E-state index contributed by atoms with van der Waals surface area (Å²) in [6.45, 7) is -1.63. The molecule has 1 N–H and O–H groups in total. The van der Waals surface area contributed by atoms with Gasteiger partial charge in [-0.25, -0.2) is 0 Å². The summed E-state index contributed by atoms with van der Waals surface area (Å²) in [7, 11) is 0. The van der Waals surface area contributed by atoms with Gasteiger partial charge in [-0.3, -0.25) is 4.79 Å². The second-order valence-corrected chi connectivity index (χ2v) is 3.05. The van der Waals surface area contributed by atoms with Crippen molar-refractivity contribution in [2.45, 2.75) is 20.0 Å². The van der Waals surface area contributed by atoms with E-state index in [0.717, 1.165) is 6.07 Å². The number of phenols is 1. The van der Waals surface area contributed by atoms with Crippen molar-refractivity contribution in [1.82, 2.24) is 0 Å². The first-order valence-electron chi connectivity index (χ1n) is 4.25. The molecule has 0 saturated heterocycles. The third kappa shape index (κ3) is 3.53. The lowest BCUT2D eigenvalue weighted by atomic mass is 10.1. The summed E-state index contributed by atoms with van der Waals surface area (Å²) < 4.78 is 28.1. The summed E-state index contributed by atoms with van der Waals surface area (Å²) in [5.41, 5.74) is 0.334. The SMILES string of the molecule is CC(=O)Cc1ccc(O)cc1OC(F)F. The van der Waals surface area contributed by atoms with Crippen molar-refractivity contribution in [2.75, 3.05) is 0 Å². The summed E-state index contributed by atoms with van der Waals surface area (Å²) in [6.07, 6.45) is 0.00231. The third-order valence-corrected chi connectivity index (χ3v) is 1.71. The Morgan fingerprint density at radius 3 is 2.73 bits per heavy atom. The van der Waals surface area contributed by atoms with Crippen molar-refractivity contribution < 1.29 is 23.4 Å². The minimum absolute atomic E-state index is 0.00231. The van der Waals surface area contributed by atoms with Crippen molar-refractivity contribution in [3.8, 4) is 11.5 Å². The van der Waals surface area contributed by atoms with Gasteiger partial charge in [-0.05, 0) is 13.0 Å². The Kier molecular flexibility index (Phi) is 3.60. The number of carbonyl (C=O) groups excluding carboxylic acids is 1. The zero-order valence-corrected chi connectivity index (χ0v) is 8.04.